The van der Waals surface area contributed by atoms with Crippen LogP contribution in [0.4, 0.5) is 10.1 Å². The first-order valence-electron chi connectivity index (χ1n) is 7.31. The van der Waals surface area contributed by atoms with Crippen molar-refractivity contribution in [3.8, 4) is 0 Å². The number of carbonyl (C=O) groups is 1. The van der Waals surface area contributed by atoms with E-state index >= 15 is 0 Å². The van der Waals surface area contributed by atoms with E-state index in [0.29, 0.717) is 23.0 Å². The number of aromatic nitrogens is 3. The van der Waals surface area contributed by atoms with Gasteiger partial charge in [-0.05, 0) is 38.0 Å². The van der Waals surface area contributed by atoms with Crippen LogP contribution < -0.4 is 11.0 Å². The maximum atomic E-state index is 13.5. The first-order valence-corrected chi connectivity index (χ1v) is 8.19. The van der Waals surface area contributed by atoms with Crippen molar-refractivity contribution in [1.29, 1.82) is 0 Å². The van der Waals surface area contributed by atoms with Crippen molar-refractivity contribution in [3.63, 3.8) is 0 Å². The van der Waals surface area contributed by atoms with Gasteiger partial charge in [0.25, 0.3) is 0 Å². The molecule has 0 fully saturated rings. The van der Waals surface area contributed by atoms with Crippen LogP contribution >= 0.6 is 11.8 Å². The second-order valence-corrected chi connectivity index (χ2v) is 6.48. The smallest absolute Gasteiger partial charge is 0.325 e. The number of halogens is 1. The van der Waals surface area contributed by atoms with E-state index in [1.54, 1.807) is 26.0 Å². The van der Waals surface area contributed by atoms with Crippen molar-refractivity contribution in [2.75, 3.05) is 5.32 Å². The number of anilines is 1. The first-order chi connectivity index (χ1) is 10.9. The molecule has 0 saturated heterocycles. The number of benzene rings is 1. The van der Waals surface area contributed by atoms with E-state index < -0.39 is 5.25 Å². The lowest BCUT2D eigenvalue weighted by molar-refractivity contribution is -0.115. The molecule has 1 heterocycles. The summed E-state index contributed by atoms with van der Waals surface area (Å²) in [4.78, 5) is 23.8. The second-order valence-electron chi connectivity index (χ2n) is 5.18. The highest BCUT2D eigenvalue weighted by Gasteiger charge is 2.19. The van der Waals surface area contributed by atoms with E-state index in [-0.39, 0.29) is 17.4 Å². The molecule has 0 spiro atoms. The fourth-order valence-corrected chi connectivity index (χ4v) is 2.82. The molecule has 1 amide bonds. The zero-order chi connectivity index (χ0) is 17.0. The monoisotopic (exact) mass is 338 g/mol. The van der Waals surface area contributed by atoms with Crippen LogP contribution in [-0.4, -0.2) is 25.9 Å². The summed E-state index contributed by atoms with van der Waals surface area (Å²) in [6.45, 7) is 5.86. The molecule has 0 radical (unpaired) electrons. The Morgan fingerprint density at radius 1 is 1.52 bits per heavy atom. The Bertz CT molecular complexity index is 756. The van der Waals surface area contributed by atoms with Gasteiger partial charge in [0.1, 0.15) is 5.82 Å². The number of nitrogens with one attached hydrogen (secondary N) is 2. The Hall–Kier alpha value is -2.09. The summed E-state index contributed by atoms with van der Waals surface area (Å²) in [5.74, 6) is -0.649. The predicted octanol–water partition coefficient (Wildman–Crippen LogP) is 2.55. The molecule has 8 heteroatoms. The van der Waals surface area contributed by atoms with Crippen molar-refractivity contribution in [2.45, 2.75) is 44.1 Å². The minimum absolute atomic E-state index is 0.281. The van der Waals surface area contributed by atoms with Crippen LogP contribution in [-0.2, 0) is 11.3 Å². The standard InChI is InChI=1S/C15H19FN4O2S/c1-4-7-20-14(22)18-19-15(20)23-10(3)13(21)17-11-6-5-9(2)12(16)8-11/h5-6,8,10H,4,7H2,1-3H3,(H,17,21)(H,18,22). The van der Waals surface area contributed by atoms with Crippen LogP contribution in [0.25, 0.3) is 0 Å². The van der Waals surface area contributed by atoms with E-state index in [2.05, 4.69) is 15.5 Å². The normalized spacial score (nSPS) is 12.2. The average Bonchev–Trinajstić information content (AvgIpc) is 2.84. The zero-order valence-electron chi connectivity index (χ0n) is 13.2. The maximum absolute atomic E-state index is 13.5. The third kappa shape index (κ3) is 4.22. The fourth-order valence-electron chi connectivity index (χ4n) is 1.94. The summed E-state index contributed by atoms with van der Waals surface area (Å²) in [6, 6.07) is 4.54. The Balaban J connectivity index is 2.05. The SMILES string of the molecule is CCCn1c(SC(C)C(=O)Nc2ccc(C)c(F)c2)n[nH]c1=O. The molecule has 23 heavy (non-hydrogen) atoms. The van der Waals surface area contributed by atoms with Gasteiger partial charge in [0.2, 0.25) is 5.91 Å². The van der Waals surface area contributed by atoms with Gasteiger partial charge in [0.05, 0.1) is 5.25 Å². The summed E-state index contributed by atoms with van der Waals surface area (Å²) in [7, 11) is 0. The number of carbonyl (C=O) groups excluding carboxylic acids is 1. The van der Waals surface area contributed by atoms with Crippen LogP contribution in [0.5, 0.6) is 0 Å². The van der Waals surface area contributed by atoms with Gasteiger partial charge in [-0.25, -0.2) is 14.3 Å². The van der Waals surface area contributed by atoms with Gasteiger partial charge >= 0.3 is 5.69 Å². The van der Waals surface area contributed by atoms with Crippen molar-refractivity contribution in [1.82, 2.24) is 14.8 Å². The van der Waals surface area contributed by atoms with Gasteiger partial charge in [-0.1, -0.05) is 24.8 Å². The summed E-state index contributed by atoms with van der Waals surface area (Å²) < 4.78 is 15.0. The lowest BCUT2D eigenvalue weighted by Crippen LogP contribution is -2.24. The first kappa shape index (κ1) is 17.3. The molecular weight excluding hydrogens is 319 g/mol. The van der Waals surface area contributed by atoms with E-state index in [1.807, 2.05) is 6.92 Å². The van der Waals surface area contributed by atoms with E-state index in [1.165, 1.54) is 22.4 Å². The van der Waals surface area contributed by atoms with Gasteiger partial charge in [0, 0.05) is 12.2 Å². The molecule has 124 valence electrons. The summed E-state index contributed by atoms with van der Waals surface area (Å²) >= 11 is 1.18. The number of hydrogen-bond donors (Lipinski definition) is 2. The topological polar surface area (TPSA) is 79.8 Å². The largest absolute Gasteiger partial charge is 0.343 e. The molecule has 0 bridgehead atoms. The molecule has 0 aliphatic carbocycles. The fraction of sp³-hybridized carbons (Fsp3) is 0.400. The van der Waals surface area contributed by atoms with Crippen LogP contribution in [0.2, 0.25) is 0 Å². The Kier molecular flexibility index (Phi) is 5.59. The molecule has 2 aromatic rings. The van der Waals surface area contributed by atoms with Crippen molar-refractivity contribution < 1.29 is 9.18 Å². The molecule has 2 rings (SSSR count). The minimum atomic E-state index is -0.481. The number of aromatic amines is 1. The summed E-state index contributed by atoms with van der Waals surface area (Å²) in [5.41, 5.74) is 0.631. The van der Waals surface area contributed by atoms with Gasteiger partial charge in [-0.15, -0.1) is 5.10 Å². The van der Waals surface area contributed by atoms with Crippen molar-refractivity contribution >= 4 is 23.4 Å². The van der Waals surface area contributed by atoms with Crippen LogP contribution in [0.1, 0.15) is 25.8 Å². The number of amides is 1. The van der Waals surface area contributed by atoms with Crippen LogP contribution in [0.15, 0.2) is 28.2 Å². The molecule has 6 nitrogen and oxygen atoms in total. The van der Waals surface area contributed by atoms with E-state index in [0.717, 1.165) is 6.42 Å². The van der Waals surface area contributed by atoms with Crippen molar-refractivity contribution in [2.24, 2.45) is 0 Å². The number of hydrogen-bond acceptors (Lipinski definition) is 4. The molecule has 1 aromatic carbocycles. The maximum Gasteiger partial charge on any atom is 0.343 e. The quantitative estimate of drug-likeness (QED) is 0.793. The molecule has 1 atom stereocenters. The molecule has 0 saturated carbocycles. The summed E-state index contributed by atoms with van der Waals surface area (Å²) in [5, 5.41) is 8.97. The number of thioether (sulfide) groups is 1. The average molecular weight is 338 g/mol. The molecular formula is C15H19FN4O2S. The van der Waals surface area contributed by atoms with Gasteiger partial charge in [0.15, 0.2) is 5.16 Å². The van der Waals surface area contributed by atoms with Crippen molar-refractivity contribution in [3.05, 3.63) is 40.1 Å². The highest BCUT2D eigenvalue weighted by Crippen LogP contribution is 2.22. The number of nitrogens with zero attached hydrogens (tertiary/aromatic N) is 2. The third-order valence-electron chi connectivity index (χ3n) is 3.26. The number of rotatable bonds is 6. The molecule has 0 aliphatic rings. The van der Waals surface area contributed by atoms with Gasteiger partial charge < -0.3 is 5.32 Å². The molecule has 2 N–H and O–H groups in total. The lowest BCUT2D eigenvalue weighted by Gasteiger charge is -2.12. The molecule has 1 unspecified atom stereocenters. The van der Waals surface area contributed by atoms with Gasteiger partial charge in [-0.3, -0.25) is 9.36 Å². The van der Waals surface area contributed by atoms with E-state index in [9.17, 15) is 14.0 Å². The Morgan fingerprint density at radius 3 is 2.91 bits per heavy atom. The van der Waals surface area contributed by atoms with E-state index in [4.69, 9.17) is 0 Å². The Morgan fingerprint density at radius 2 is 2.26 bits per heavy atom. The summed E-state index contributed by atoms with van der Waals surface area (Å²) in [6.07, 6.45) is 0.788. The zero-order valence-corrected chi connectivity index (χ0v) is 14.0. The Labute approximate surface area is 137 Å². The highest BCUT2D eigenvalue weighted by molar-refractivity contribution is 8.00. The van der Waals surface area contributed by atoms with Crippen LogP contribution in [0.3, 0.4) is 0 Å². The lowest BCUT2D eigenvalue weighted by atomic mass is 10.2. The highest BCUT2D eigenvalue weighted by atomic mass is 32.2. The van der Waals surface area contributed by atoms with Gasteiger partial charge in [-0.2, -0.15) is 0 Å². The molecule has 0 aliphatic heterocycles. The minimum Gasteiger partial charge on any atom is -0.325 e. The second kappa shape index (κ2) is 7.45. The van der Waals surface area contributed by atoms with Crippen LogP contribution in [0, 0.1) is 12.7 Å². The predicted molar refractivity (Wildman–Crippen MR) is 88.2 cm³/mol. The number of aryl methyl sites for hydroxylation is 1. The third-order valence-corrected chi connectivity index (χ3v) is 4.35. The molecule has 1 aromatic heterocycles. The number of H-pyrrole nitrogens is 1.